The van der Waals surface area contributed by atoms with Crippen molar-refractivity contribution in [2.75, 3.05) is 0 Å². The van der Waals surface area contributed by atoms with Gasteiger partial charge in [-0.2, -0.15) is 0 Å². The number of imidazole rings is 1. The largest absolute Gasteiger partial charge is 0.330 e. The molecule has 1 aromatic heterocycles. The second-order valence-electron chi connectivity index (χ2n) is 6.18. The van der Waals surface area contributed by atoms with E-state index >= 15 is 0 Å². The molecule has 2 heterocycles. The number of aromatic nitrogens is 2. The van der Waals surface area contributed by atoms with Gasteiger partial charge in [0, 0.05) is 24.7 Å². The van der Waals surface area contributed by atoms with Gasteiger partial charge in [0.05, 0.1) is 5.69 Å². The van der Waals surface area contributed by atoms with Gasteiger partial charge in [-0.05, 0) is 37.2 Å². The van der Waals surface area contributed by atoms with E-state index in [2.05, 4.69) is 34.9 Å². The molecule has 0 radical (unpaired) electrons. The number of rotatable bonds is 1. The molecule has 0 bridgehead atoms. The Bertz CT molecular complexity index is 615. The maximum atomic E-state index is 6.14. The first kappa shape index (κ1) is 12.2. The van der Waals surface area contributed by atoms with Crippen LogP contribution in [0.15, 0.2) is 30.3 Å². The van der Waals surface area contributed by atoms with E-state index < -0.39 is 0 Å². The van der Waals surface area contributed by atoms with Crippen LogP contribution < -0.4 is 5.73 Å². The molecule has 1 aromatic carbocycles. The molecule has 2 unspecified atom stereocenters. The van der Waals surface area contributed by atoms with Crippen LogP contribution in [0.3, 0.4) is 0 Å². The number of benzene rings is 1. The summed E-state index contributed by atoms with van der Waals surface area (Å²) in [5.74, 6) is 1.91. The summed E-state index contributed by atoms with van der Waals surface area (Å²) >= 11 is 0. The zero-order chi connectivity index (χ0) is 13.5. The van der Waals surface area contributed by atoms with Crippen molar-refractivity contribution in [3.05, 3.63) is 53.1 Å². The number of hydrogen-bond acceptors (Lipinski definition) is 2. The van der Waals surface area contributed by atoms with Gasteiger partial charge in [0.2, 0.25) is 0 Å². The second-order valence-corrected chi connectivity index (χ2v) is 6.18. The standard InChI is InChI=1S/C17H21N3/c18-14-7-9-17-19-15-8-6-13(10-16(15)20(17)11-14)12-4-2-1-3-5-12/h1-5,13-14H,6-11,18H2. The van der Waals surface area contributed by atoms with Crippen molar-refractivity contribution in [1.82, 2.24) is 9.55 Å². The molecule has 0 amide bonds. The molecule has 0 saturated heterocycles. The van der Waals surface area contributed by atoms with Crippen LogP contribution in [-0.2, 0) is 25.8 Å². The molecule has 104 valence electrons. The normalized spacial score (nSPS) is 25.1. The number of nitrogens with two attached hydrogens (primary N) is 1. The van der Waals surface area contributed by atoms with Crippen molar-refractivity contribution in [2.45, 2.75) is 50.6 Å². The lowest BCUT2D eigenvalue weighted by Crippen LogP contribution is -2.33. The van der Waals surface area contributed by atoms with E-state index in [-0.39, 0.29) is 0 Å². The second kappa shape index (κ2) is 4.74. The molecule has 1 aliphatic carbocycles. The highest BCUT2D eigenvalue weighted by atomic mass is 15.1. The van der Waals surface area contributed by atoms with E-state index in [1.807, 2.05) is 0 Å². The third-order valence-corrected chi connectivity index (χ3v) is 4.83. The lowest BCUT2D eigenvalue weighted by atomic mass is 9.84. The van der Waals surface area contributed by atoms with Crippen molar-refractivity contribution < 1.29 is 0 Å². The lowest BCUT2D eigenvalue weighted by Gasteiger charge is -2.26. The highest BCUT2D eigenvalue weighted by Crippen LogP contribution is 2.34. The van der Waals surface area contributed by atoms with Crippen LogP contribution in [-0.4, -0.2) is 15.6 Å². The Morgan fingerprint density at radius 1 is 1.10 bits per heavy atom. The molecule has 3 heteroatoms. The summed E-state index contributed by atoms with van der Waals surface area (Å²) in [7, 11) is 0. The van der Waals surface area contributed by atoms with Crippen molar-refractivity contribution in [3.63, 3.8) is 0 Å². The summed E-state index contributed by atoms with van der Waals surface area (Å²) in [4.78, 5) is 4.86. The van der Waals surface area contributed by atoms with Crippen LogP contribution >= 0.6 is 0 Å². The third kappa shape index (κ3) is 1.97. The smallest absolute Gasteiger partial charge is 0.109 e. The molecular weight excluding hydrogens is 246 g/mol. The maximum Gasteiger partial charge on any atom is 0.109 e. The Balaban J connectivity index is 1.67. The summed E-state index contributed by atoms with van der Waals surface area (Å²) in [6.07, 6.45) is 5.59. The molecule has 0 spiro atoms. The van der Waals surface area contributed by atoms with Gasteiger partial charge in [0.15, 0.2) is 0 Å². The first-order valence-corrected chi connectivity index (χ1v) is 7.69. The molecule has 0 fully saturated rings. The quantitative estimate of drug-likeness (QED) is 0.862. The highest BCUT2D eigenvalue weighted by molar-refractivity contribution is 5.29. The minimum absolute atomic E-state index is 0.304. The first-order chi connectivity index (χ1) is 9.81. The van der Waals surface area contributed by atoms with Gasteiger partial charge >= 0.3 is 0 Å². The lowest BCUT2D eigenvalue weighted by molar-refractivity contribution is 0.435. The van der Waals surface area contributed by atoms with Crippen molar-refractivity contribution in [2.24, 2.45) is 5.73 Å². The zero-order valence-electron chi connectivity index (χ0n) is 11.8. The molecule has 2 aromatic rings. The van der Waals surface area contributed by atoms with Crippen LogP contribution in [0.5, 0.6) is 0 Å². The van der Waals surface area contributed by atoms with E-state index in [0.717, 1.165) is 32.2 Å². The van der Waals surface area contributed by atoms with Crippen molar-refractivity contribution >= 4 is 0 Å². The number of nitrogens with zero attached hydrogens (tertiary/aromatic N) is 2. The summed E-state index contributed by atoms with van der Waals surface area (Å²) < 4.78 is 2.42. The van der Waals surface area contributed by atoms with Gasteiger partial charge in [0.1, 0.15) is 5.82 Å². The number of hydrogen-bond donors (Lipinski definition) is 1. The van der Waals surface area contributed by atoms with Gasteiger partial charge < -0.3 is 10.3 Å². The maximum absolute atomic E-state index is 6.14. The summed E-state index contributed by atoms with van der Waals surface area (Å²) in [6.45, 7) is 0.958. The van der Waals surface area contributed by atoms with Crippen molar-refractivity contribution in [3.8, 4) is 0 Å². The molecule has 20 heavy (non-hydrogen) atoms. The van der Waals surface area contributed by atoms with E-state index in [1.165, 1.54) is 29.2 Å². The molecule has 0 saturated carbocycles. The van der Waals surface area contributed by atoms with E-state index in [0.29, 0.717) is 12.0 Å². The summed E-state index contributed by atoms with van der Waals surface area (Å²) in [5.41, 5.74) is 10.4. The van der Waals surface area contributed by atoms with Crippen LogP contribution in [0.1, 0.15) is 41.5 Å². The summed E-state index contributed by atoms with van der Waals surface area (Å²) in [6, 6.07) is 11.2. The fourth-order valence-corrected chi connectivity index (χ4v) is 3.72. The molecule has 2 N–H and O–H groups in total. The van der Waals surface area contributed by atoms with Crippen molar-refractivity contribution in [1.29, 1.82) is 0 Å². The Morgan fingerprint density at radius 2 is 1.95 bits per heavy atom. The van der Waals surface area contributed by atoms with E-state index in [9.17, 15) is 0 Å². The van der Waals surface area contributed by atoms with Gasteiger partial charge in [-0.1, -0.05) is 30.3 Å². The predicted octanol–water partition coefficient (Wildman–Crippen LogP) is 2.43. The minimum atomic E-state index is 0.304. The number of fused-ring (bicyclic) bond motifs is 3. The van der Waals surface area contributed by atoms with E-state index in [4.69, 9.17) is 10.7 Å². The molecule has 2 atom stereocenters. The van der Waals surface area contributed by atoms with Crippen LogP contribution in [0, 0.1) is 0 Å². The molecule has 3 nitrogen and oxygen atoms in total. The van der Waals surface area contributed by atoms with Crippen LogP contribution in [0.4, 0.5) is 0 Å². The highest BCUT2D eigenvalue weighted by Gasteiger charge is 2.28. The van der Waals surface area contributed by atoms with Gasteiger partial charge in [-0.3, -0.25) is 0 Å². The fourth-order valence-electron chi connectivity index (χ4n) is 3.72. The molecule has 1 aliphatic heterocycles. The Labute approximate surface area is 119 Å². The SMILES string of the molecule is NC1CCc2nc3c(n2C1)CC(c1ccccc1)CC3. The molecule has 4 rings (SSSR count). The Kier molecular flexibility index (Phi) is 2.88. The Morgan fingerprint density at radius 3 is 2.80 bits per heavy atom. The van der Waals surface area contributed by atoms with Crippen LogP contribution in [0.2, 0.25) is 0 Å². The predicted molar refractivity (Wildman–Crippen MR) is 79.7 cm³/mol. The number of aryl methyl sites for hydroxylation is 2. The van der Waals surface area contributed by atoms with Crippen LogP contribution in [0.25, 0.3) is 0 Å². The molecular formula is C17H21N3. The molecule has 2 aliphatic rings. The zero-order valence-corrected chi connectivity index (χ0v) is 11.8. The topological polar surface area (TPSA) is 43.8 Å². The Hall–Kier alpha value is -1.61. The third-order valence-electron chi connectivity index (χ3n) is 4.83. The minimum Gasteiger partial charge on any atom is -0.330 e. The fraction of sp³-hybridized carbons (Fsp3) is 0.471. The monoisotopic (exact) mass is 267 g/mol. The average Bonchev–Trinajstić information content (AvgIpc) is 2.85. The average molecular weight is 267 g/mol. The van der Waals surface area contributed by atoms with Gasteiger partial charge in [0.25, 0.3) is 0 Å². The first-order valence-electron chi connectivity index (χ1n) is 7.69. The van der Waals surface area contributed by atoms with Gasteiger partial charge in [-0.25, -0.2) is 4.98 Å². The van der Waals surface area contributed by atoms with E-state index in [1.54, 1.807) is 0 Å². The summed E-state index contributed by atoms with van der Waals surface area (Å²) in [5, 5.41) is 0. The van der Waals surface area contributed by atoms with Gasteiger partial charge in [-0.15, -0.1) is 0 Å².